The first-order chi connectivity index (χ1) is 8.66. The summed E-state index contributed by atoms with van der Waals surface area (Å²) in [6.45, 7) is 0. The average molecular weight is 282 g/mol. The van der Waals surface area contributed by atoms with E-state index in [1.165, 1.54) is 0 Å². The minimum atomic E-state index is -0.222. The molecule has 0 saturated carbocycles. The normalized spacial score (nSPS) is 10.1. The van der Waals surface area contributed by atoms with E-state index in [4.69, 9.17) is 23.2 Å². The highest BCUT2D eigenvalue weighted by Gasteiger charge is 2.09. The lowest BCUT2D eigenvalue weighted by Crippen LogP contribution is -2.15. The molecule has 0 bridgehead atoms. The largest absolute Gasteiger partial charge is 0.323 e. The van der Waals surface area contributed by atoms with Crippen molar-refractivity contribution in [3.63, 3.8) is 0 Å². The van der Waals surface area contributed by atoms with Crippen molar-refractivity contribution in [2.75, 3.05) is 5.32 Å². The van der Waals surface area contributed by atoms with Crippen molar-refractivity contribution in [2.24, 2.45) is 0 Å². The van der Waals surface area contributed by atoms with Crippen LogP contribution in [-0.2, 0) is 11.2 Å². The van der Waals surface area contributed by atoms with E-state index < -0.39 is 0 Å². The quantitative estimate of drug-likeness (QED) is 0.880. The summed E-state index contributed by atoms with van der Waals surface area (Å²) in [4.78, 5) is 19.6. The number of anilines is 1. The molecule has 2 aromatic rings. The number of hydrogen-bond donors (Lipinski definition) is 1. The van der Waals surface area contributed by atoms with Gasteiger partial charge in [0.05, 0.1) is 12.1 Å². The van der Waals surface area contributed by atoms with Gasteiger partial charge in [-0.2, -0.15) is 0 Å². The Balaban J connectivity index is 2.06. The van der Waals surface area contributed by atoms with E-state index in [9.17, 15) is 4.79 Å². The van der Waals surface area contributed by atoms with Crippen molar-refractivity contribution < 1.29 is 4.79 Å². The molecule has 1 amide bonds. The smallest absolute Gasteiger partial charge is 0.228 e. The van der Waals surface area contributed by atoms with E-state index in [1.54, 1.807) is 36.7 Å². The Hall–Kier alpha value is -1.65. The van der Waals surface area contributed by atoms with Crippen LogP contribution in [0.4, 0.5) is 5.69 Å². The van der Waals surface area contributed by atoms with Crippen LogP contribution in [0.15, 0.2) is 36.7 Å². The third-order valence-electron chi connectivity index (χ3n) is 2.22. The van der Waals surface area contributed by atoms with E-state index in [0.29, 0.717) is 16.4 Å². The molecule has 0 spiro atoms. The molecule has 92 valence electrons. The van der Waals surface area contributed by atoms with Crippen molar-refractivity contribution in [3.05, 3.63) is 52.5 Å². The summed E-state index contributed by atoms with van der Waals surface area (Å²) in [5.74, 6) is -0.222. The van der Waals surface area contributed by atoms with E-state index in [-0.39, 0.29) is 17.5 Å². The number of carbonyl (C=O) groups excluding carboxylic acids is 1. The van der Waals surface area contributed by atoms with Crippen LogP contribution in [0.3, 0.4) is 0 Å². The Kier molecular flexibility index (Phi) is 4.12. The third-order valence-corrected chi connectivity index (χ3v) is 2.86. The van der Waals surface area contributed by atoms with Crippen LogP contribution in [0, 0.1) is 0 Å². The third kappa shape index (κ3) is 3.18. The molecule has 2 rings (SSSR count). The van der Waals surface area contributed by atoms with E-state index in [2.05, 4.69) is 15.3 Å². The highest BCUT2D eigenvalue weighted by molar-refractivity contribution is 6.32. The Morgan fingerprint density at radius 1 is 1.11 bits per heavy atom. The van der Waals surface area contributed by atoms with Crippen molar-refractivity contribution in [1.29, 1.82) is 0 Å². The molecule has 0 aliphatic carbocycles. The molecular weight excluding hydrogens is 273 g/mol. The lowest BCUT2D eigenvalue weighted by molar-refractivity contribution is -0.115. The van der Waals surface area contributed by atoms with Crippen molar-refractivity contribution >= 4 is 34.8 Å². The number of pyridine rings is 2. The number of hydrogen-bond acceptors (Lipinski definition) is 3. The van der Waals surface area contributed by atoms with Crippen LogP contribution in [0.1, 0.15) is 5.56 Å². The summed E-state index contributed by atoms with van der Waals surface area (Å²) in [5, 5.41) is 3.24. The van der Waals surface area contributed by atoms with Crippen molar-refractivity contribution in [2.45, 2.75) is 6.42 Å². The molecule has 0 aliphatic rings. The van der Waals surface area contributed by atoms with Gasteiger partial charge in [-0.1, -0.05) is 29.3 Å². The molecule has 0 radical (unpaired) electrons. The Morgan fingerprint density at radius 2 is 1.78 bits per heavy atom. The molecule has 18 heavy (non-hydrogen) atoms. The molecule has 0 saturated heterocycles. The molecule has 6 heteroatoms. The molecule has 2 aromatic heterocycles. The second-order valence-electron chi connectivity index (χ2n) is 3.52. The van der Waals surface area contributed by atoms with Crippen LogP contribution >= 0.6 is 23.2 Å². The van der Waals surface area contributed by atoms with Crippen molar-refractivity contribution in [1.82, 2.24) is 9.97 Å². The SMILES string of the molecule is O=C(Cc1cccnc1Cl)Nc1cccnc1Cl. The maximum atomic E-state index is 11.8. The van der Waals surface area contributed by atoms with Gasteiger partial charge in [-0.05, 0) is 23.8 Å². The van der Waals surface area contributed by atoms with E-state index >= 15 is 0 Å². The fourth-order valence-corrected chi connectivity index (χ4v) is 1.75. The summed E-state index contributed by atoms with van der Waals surface area (Å²) in [6, 6.07) is 6.85. The van der Waals surface area contributed by atoms with E-state index in [1.807, 2.05) is 0 Å². The van der Waals surface area contributed by atoms with Gasteiger partial charge < -0.3 is 5.32 Å². The zero-order valence-electron chi connectivity index (χ0n) is 9.23. The number of halogens is 2. The molecule has 2 heterocycles. The minimum Gasteiger partial charge on any atom is -0.323 e. The van der Waals surface area contributed by atoms with Gasteiger partial charge in [0, 0.05) is 12.4 Å². The predicted molar refractivity (Wildman–Crippen MR) is 70.8 cm³/mol. The fourth-order valence-electron chi connectivity index (χ4n) is 1.40. The lowest BCUT2D eigenvalue weighted by atomic mass is 10.2. The molecule has 0 atom stereocenters. The Bertz CT molecular complexity index is 525. The first-order valence-corrected chi connectivity index (χ1v) is 5.92. The number of amides is 1. The predicted octanol–water partition coefficient (Wildman–Crippen LogP) is 2.96. The second kappa shape index (κ2) is 5.80. The standard InChI is InChI=1S/C12H9Cl2N3O/c13-11-8(3-1-5-15-11)7-10(18)17-9-4-2-6-16-12(9)14/h1-6H,7H2,(H,17,18). The minimum absolute atomic E-state index is 0.137. The van der Waals surface area contributed by atoms with Crippen LogP contribution in [0.2, 0.25) is 10.3 Å². The second-order valence-corrected chi connectivity index (χ2v) is 4.24. The topological polar surface area (TPSA) is 54.9 Å². The van der Waals surface area contributed by atoms with Crippen LogP contribution in [0.25, 0.3) is 0 Å². The van der Waals surface area contributed by atoms with Gasteiger partial charge in [-0.15, -0.1) is 0 Å². The van der Waals surface area contributed by atoms with Gasteiger partial charge in [-0.25, -0.2) is 9.97 Å². The summed E-state index contributed by atoms with van der Waals surface area (Å²) < 4.78 is 0. The number of nitrogens with one attached hydrogen (secondary N) is 1. The van der Waals surface area contributed by atoms with Gasteiger partial charge in [0.25, 0.3) is 0 Å². The maximum absolute atomic E-state index is 11.8. The van der Waals surface area contributed by atoms with Gasteiger partial charge in [0.15, 0.2) is 5.15 Å². The number of nitrogens with zero attached hydrogens (tertiary/aromatic N) is 2. The summed E-state index contributed by atoms with van der Waals surface area (Å²) in [6.07, 6.45) is 3.26. The maximum Gasteiger partial charge on any atom is 0.228 e. The van der Waals surface area contributed by atoms with E-state index in [0.717, 1.165) is 0 Å². The highest BCUT2D eigenvalue weighted by atomic mass is 35.5. The molecule has 1 N–H and O–H groups in total. The molecule has 4 nitrogen and oxygen atoms in total. The van der Waals surface area contributed by atoms with Crippen LogP contribution < -0.4 is 5.32 Å². The van der Waals surface area contributed by atoms with Gasteiger partial charge in [-0.3, -0.25) is 4.79 Å². The Labute approximate surface area is 114 Å². The lowest BCUT2D eigenvalue weighted by Gasteiger charge is -2.06. The zero-order valence-corrected chi connectivity index (χ0v) is 10.7. The van der Waals surface area contributed by atoms with Crippen LogP contribution in [-0.4, -0.2) is 15.9 Å². The van der Waals surface area contributed by atoms with Gasteiger partial charge >= 0.3 is 0 Å². The average Bonchev–Trinajstić information content (AvgIpc) is 2.35. The zero-order chi connectivity index (χ0) is 13.0. The first-order valence-electron chi connectivity index (χ1n) is 5.16. The number of aromatic nitrogens is 2. The molecule has 0 aliphatic heterocycles. The highest BCUT2D eigenvalue weighted by Crippen LogP contribution is 2.18. The monoisotopic (exact) mass is 281 g/mol. The summed E-state index contributed by atoms with van der Waals surface area (Å²) >= 11 is 11.7. The molecule has 0 unspecified atom stereocenters. The fraction of sp³-hybridized carbons (Fsp3) is 0.0833. The van der Waals surface area contributed by atoms with Gasteiger partial charge in [0.1, 0.15) is 5.15 Å². The van der Waals surface area contributed by atoms with Crippen LogP contribution in [0.5, 0.6) is 0 Å². The molecule has 0 aromatic carbocycles. The summed E-state index contributed by atoms with van der Waals surface area (Å²) in [5.41, 5.74) is 1.14. The summed E-state index contributed by atoms with van der Waals surface area (Å²) in [7, 11) is 0. The molecule has 0 fully saturated rings. The first kappa shape index (κ1) is 12.8. The molecular formula is C12H9Cl2N3O. The van der Waals surface area contributed by atoms with Gasteiger partial charge in [0.2, 0.25) is 5.91 Å². The number of rotatable bonds is 3. The Morgan fingerprint density at radius 3 is 2.44 bits per heavy atom. The number of carbonyl (C=O) groups is 1. The van der Waals surface area contributed by atoms with Crippen molar-refractivity contribution in [3.8, 4) is 0 Å².